The minimum absolute atomic E-state index is 0.00118. The van der Waals surface area contributed by atoms with Crippen molar-refractivity contribution in [1.29, 1.82) is 0 Å². The number of nitrogens with one attached hydrogen (secondary N) is 4. The number of aldehydes is 1. The van der Waals surface area contributed by atoms with E-state index in [1.165, 1.54) is 12.1 Å². The highest BCUT2D eigenvalue weighted by Gasteiger charge is 2.43. The van der Waals surface area contributed by atoms with E-state index in [0.29, 0.717) is 44.1 Å². The van der Waals surface area contributed by atoms with Gasteiger partial charge in [0.2, 0.25) is 23.6 Å². The highest BCUT2D eigenvalue weighted by atomic mass is 16.3. The Balaban J connectivity index is 1.71. The summed E-state index contributed by atoms with van der Waals surface area (Å²) in [6.45, 7) is 1.87. The Kier molecular flexibility index (Phi) is 16.2. The number of guanidine groups is 2. The predicted molar refractivity (Wildman–Crippen MR) is 218 cm³/mol. The topological polar surface area (TPSA) is 286 Å². The number of nitrogens with zero attached hydrogens (tertiary/aromatic N) is 3. The highest BCUT2D eigenvalue weighted by Crippen LogP contribution is 2.24. The maximum Gasteiger partial charge on any atom is 0.243 e. The number of carbonyl (C=O) groups is 5. The van der Waals surface area contributed by atoms with Gasteiger partial charge in [0.1, 0.15) is 17.8 Å². The lowest BCUT2D eigenvalue weighted by Gasteiger charge is -2.44. The molecule has 0 aromatic heterocycles. The van der Waals surface area contributed by atoms with Crippen molar-refractivity contribution in [2.75, 3.05) is 26.2 Å². The first-order chi connectivity index (χ1) is 27.3. The zero-order chi connectivity index (χ0) is 41.4. The summed E-state index contributed by atoms with van der Waals surface area (Å²) in [5.41, 5.74) is 21.5. The van der Waals surface area contributed by atoms with Crippen LogP contribution in [0.4, 0.5) is 0 Å². The molecule has 17 nitrogen and oxygen atoms in total. The molecule has 57 heavy (non-hydrogen) atoms. The van der Waals surface area contributed by atoms with Crippen molar-refractivity contribution in [3.8, 4) is 5.75 Å². The smallest absolute Gasteiger partial charge is 0.243 e. The van der Waals surface area contributed by atoms with Gasteiger partial charge in [0.05, 0.1) is 12.6 Å². The first-order valence-electron chi connectivity index (χ1n) is 19.1. The molecule has 1 fully saturated rings. The second kappa shape index (κ2) is 21.2. The number of aliphatic imine (C=N–C) groups is 2. The maximum absolute atomic E-state index is 14.3. The number of hydrogen-bond acceptors (Lipinski definition) is 9. The summed E-state index contributed by atoms with van der Waals surface area (Å²) in [4.78, 5) is 79.0. The molecule has 1 aliphatic rings. The van der Waals surface area contributed by atoms with Crippen LogP contribution >= 0.6 is 0 Å². The lowest BCUT2D eigenvalue weighted by Crippen LogP contribution is -2.69. The Hall–Kier alpha value is -6.23. The molecule has 13 N–H and O–H groups in total. The average molecular weight is 786 g/mol. The van der Waals surface area contributed by atoms with E-state index in [-0.39, 0.29) is 50.0 Å². The average Bonchev–Trinajstić information content (AvgIpc) is 3.18. The van der Waals surface area contributed by atoms with Gasteiger partial charge in [-0.25, -0.2) is 0 Å². The van der Waals surface area contributed by atoms with E-state index in [1.807, 2.05) is 42.5 Å². The van der Waals surface area contributed by atoms with Crippen LogP contribution in [0.3, 0.4) is 0 Å². The number of benzene rings is 3. The Morgan fingerprint density at radius 1 is 0.789 bits per heavy atom. The van der Waals surface area contributed by atoms with Crippen molar-refractivity contribution < 1.29 is 29.1 Å². The van der Waals surface area contributed by atoms with Crippen molar-refractivity contribution in [1.82, 2.24) is 26.2 Å². The third-order valence-electron chi connectivity index (χ3n) is 9.81. The molecule has 1 saturated heterocycles. The molecule has 0 spiro atoms. The normalized spacial score (nSPS) is 21.0. The Morgan fingerprint density at radius 3 is 2.11 bits per heavy atom. The van der Waals surface area contributed by atoms with Gasteiger partial charge in [-0.1, -0.05) is 67.4 Å². The van der Waals surface area contributed by atoms with E-state index in [2.05, 4.69) is 31.3 Å². The fraction of sp³-hybridized carbons (Fsp3) is 0.425. The van der Waals surface area contributed by atoms with Crippen molar-refractivity contribution in [3.63, 3.8) is 0 Å². The monoisotopic (exact) mass is 785 g/mol. The van der Waals surface area contributed by atoms with E-state index < -0.39 is 54.0 Å². The molecule has 1 heterocycles. The number of carbonyl (C=O) groups excluding carboxylic acids is 5. The largest absolute Gasteiger partial charge is 0.508 e. The first kappa shape index (κ1) is 43.5. The van der Waals surface area contributed by atoms with Crippen LogP contribution in [0, 0.1) is 0 Å². The molecule has 0 bridgehead atoms. The molecule has 4 amide bonds. The van der Waals surface area contributed by atoms with E-state index in [1.54, 1.807) is 24.0 Å². The second-order valence-corrected chi connectivity index (χ2v) is 14.2. The predicted octanol–water partition coefficient (Wildman–Crippen LogP) is 0.0193. The number of amides is 4. The Bertz CT molecular complexity index is 1910. The number of phenolic OH excluding ortho intramolecular Hbond substituents is 1. The van der Waals surface area contributed by atoms with Crippen LogP contribution in [0.15, 0.2) is 76.7 Å². The minimum atomic E-state index is -1.80. The number of nitrogens with two attached hydrogens (primary N) is 4. The molecule has 0 radical (unpaired) electrons. The molecule has 0 saturated carbocycles. The summed E-state index contributed by atoms with van der Waals surface area (Å²) in [5.74, 6) is -2.68. The Morgan fingerprint density at radius 2 is 1.42 bits per heavy atom. The highest BCUT2D eigenvalue weighted by molar-refractivity contribution is 5.95. The summed E-state index contributed by atoms with van der Waals surface area (Å²) in [5, 5.41) is 23.1. The lowest BCUT2D eigenvalue weighted by molar-refractivity contribution is -0.142. The van der Waals surface area contributed by atoms with Crippen LogP contribution in [-0.4, -0.2) is 102 Å². The quantitative estimate of drug-likeness (QED) is 0.0404. The lowest BCUT2D eigenvalue weighted by atomic mass is 9.95. The Labute approximate surface area is 332 Å². The molecule has 1 aliphatic heterocycles. The second-order valence-electron chi connectivity index (χ2n) is 14.2. The van der Waals surface area contributed by atoms with Gasteiger partial charge >= 0.3 is 0 Å². The van der Waals surface area contributed by atoms with Gasteiger partial charge in [0.15, 0.2) is 23.9 Å². The molecule has 4 rings (SSSR count). The standard InChI is InChI=1S/C40H55N11O6/c1-26-35(55)48-32(11-8-19-46-39(43)44)37(57)49-33(22-28-12-15-29-9-4-5-10-30(29)21-28)36(56)47-24-34(54)50-40(25-52,23-27-13-16-31(53)17-14-27)51(26)20-7-3-2-6-18-45-38(41)42/h4-5,9-10,12-17,21,25-26,32-33,53H,2-3,6-8,11,18-20,22-24H2,1H3,(H,47,56)(H,48,55)(H,49,57)(H,50,54)(H4,41,42,45)(H4,43,44,46). The third kappa shape index (κ3) is 13.2. The van der Waals surface area contributed by atoms with E-state index in [0.717, 1.165) is 22.8 Å². The van der Waals surface area contributed by atoms with Crippen LogP contribution in [-0.2, 0) is 36.8 Å². The van der Waals surface area contributed by atoms with Crippen LogP contribution in [0.5, 0.6) is 5.75 Å². The number of hydrogen-bond donors (Lipinski definition) is 9. The van der Waals surface area contributed by atoms with Crippen LogP contribution in [0.1, 0.15) is 56.6 Å². The number of rotatable bonds is 16. The molecule has 306 valence electrons. The van der Waals surface area contributed by atoms with Crippen LogP contribution < -0.4 is 44.2 Å². The summed E-state index contributed by atoms with van der Waals surface area (Å²) in [7, 11) is 0. The van der Waals surface area contributed by atoms with Crippen molar-refractivity contribution >= 4 is 52.6 Å². The zero-order valence-corrected chi connectivity index (χ0v) is 32.3. The summed E-state index contributed by atoms with van der Waals surface area (Å²) < 4.78 is 0. The molecule has 4 unspecified atom stereocenters. The number of phenols is 1. The van der Waals surface area contributed by atoms with E-state index in [4.69, 9.17) is 22.9 Å². The molecular weight excluding hydrogens is 731 g/mol. The van der Waals surface area contributed by atoms with Crippen LogP contribution in [0.25, 0.3) is 10.8 Å². The molecule has 3 aromatic carbocycles. The molecular formula is C40H55N11O6. The van der Waals surface area contributed by atoms with Crippen molar-refractivity contribution in [2.24, 2.45) is 32.9 Å². The third-order valence-corrected chi connectivity index (χ3v) is 9.81. The van der Waals surface area contributed by atoms with Gasteiger partial charge in [-0.2, -0.15) is 0 Å². The number of unbranched alkanes of at least 4 members (excludes halogenated alkanes) is 3. The van der Waals surface area contributed by atoms with Gasteiger partial charge < -0.3 is 49.3 Å². The van der Waals surface area contributed by atoms with Gasteiger partial charge in [-0.3, -0.25) is 38.9 Å². The van der Waals surface area contributed by atoms with Gasteiger partial charge in [-0.05, 0) is 66.6 Å². The van der Waals surface area contributed by atoms with Gasteiger partial charge in [-0.15, -0.1) is 0 Å². The summed E-state index contributed by atoms with van der Waals surface area (Å²) in [6, 6.07) is 16.2. The molecule has 3 aromatic rings. The fourth-order valence-corrected chi connectivity index (χ4v) is 6.84. The molecule has 0 aliphatic carbocycles. The fourth-order valence-electron chi connectivity index (χ4n) is 6.84. The van der Waals surface area contributed by atoms with Crippen LogP contribution in [0.2, 0.25) is 0 Å². The van der Waals surface area contributed by atoms with E-state index in [9.17, 15) is 29.1 Å². The summed E-state index contributed by atoms with van der Waals surface area (Å²) in [6.07, 6.45) is 3.63. The SMILES string of the molecule is CC1C(=O)NC(CCCN=C(N)N)C(=O)NC(Cc2ccc3ccccc3c2)C(=O)NCC(=O)NC(C=O)(Cc2ccc(O)cc2)N1CCCCCCN=C(N)N. The van der Waals surface area contributed by atoms with Crippen molar-refractivity contribution in [3.05, 3.63) is 77.9 Å². The number of aromatic hydroxyl groups is 1. The first-order valence-corrected chi connectivity index (χ1v) is 19.1. The van der Waals surface area contributed by atoms with Gasteiger partial charge in [0.25, 0.3) is 0 Å². The molecule has 17 heteroatoms. The molecule has 4 atom stereocenters. The zero-order valence-electron chi connectivity index (χ0n) is 32.3. The summed E-state index contributed by atoms with van der Waals surface area (Å²) >= 11 is 0. The maximum atomic E-state index is 14.3. The van der Waals surface area contributed by atoms with Crippen molar-refractivity contribution in [2.45, 2.75) is 82.1 Å². The van der Waals surface area contributed by atoms with E-state index >= 15 is 0 Å². The number of fused-ring (bicyclic) bond motifs is 1. The van der Waals surface area contributed by atoms with Gasteiger partial charge in [0, 0.05) is 32.5 Å². The minimum Gasteiger partial charge on any atom is -0.508 e.